The van der Waals surface area contributed by atoms with Crippen LogP contribution in [-0.2, 0) is 16.1 Å². The summed E-state index contributed by atoms with van der Waals surface area (Å²) in [7, 11) is 0. The molecule has 132 valence electrons. The van der Waals surface area contributed by atoms with Gasteiger partial charge in [0, 0.05) is 25.8 Å². The van der Waals surface area contributed by atoms with Crippen molar-refractivity contribution in [2.75, 3.05) is 26.2 Å². The highest BCUT2D eigenvalue weighted by atomic mass is 79.9. The smallest absolute Gasteiger partial charge is 0.244 e. The summed E-state index contributed by atoms with van der Waals surface area (Å²) >= 11 is 3.34. The Morgan fingerprint density at radius 3 is 2.96 bits per heavy atom. The van der Waals surface area contributed by atoms with Crippen molar-refractivity contribution in [2.24, 2.45) is 5.92 Å². The third-order valence-corrected chi connectivity index (χ3v) is 5.12. The van der Waals surface area contributed by atoms with E-state index >= 15 is 0 Å². The molecule has 2 amide bonds. The quantitative estimate of drug-likeness (QED) is 0.768. The molecule has 2 saturated heterocycles. The number of halogens is 1. The average molecular weight is 398 g/mol. The number of nitrogens with zero attached hydrogens (tertiary/aromatic N) is 3. The Kier molecular flexibility index (Phi) is 5.89. The van der Waals surface area contributed by atoms with Gasteiger partial charge in [-0.1, -0.05) is 0 Å². The molecule has 0 aromatic carbocycles. The van der Waals surface area contributed by atoms with Crippen molar-refractivity contribution in [3.63, 3.8) is 0 Å². The average Bonchev–Trinajstić information content (AvgIpc) is 3.25. The van der Waals surface area contributed by atoms with Gasteiger partial charge in [0.1, 0.15) is 6.54 Å². The van der Waals surface area contributed by atoms with Gasteiger partial charge in [-0.15, -0.1) is 0 Å². The lowest BCUT2D eigenvalue weighted by Gasteiger charge is -2.33. The topological polar surface area (TPSA) is 79.3 Å². The van der Waals surface area contributed by atoms with E-state index in [2.05, 4.69) is 31.7 Å². The van der Waals surface area contributed by atoms with Crippen molar-refractivity contribution >= 4 is 27.7 Å². The van der Waals surface area contributed by atoms with Crippen LogP contribution in [0.5, 0.6) is 0 Å². The predicted octanol–water partition coefficient (Wildman–Crippen LogP) is 0.752. The van der Waals surface area contributed by atoms with Gasteiger partial charge in [0.2, 0.25) is 11.8 Å². The fraction of sp³-hybridized carbons (Fsp3) is 0.688. The van der Waals surface area contributed by atoms with Crippen molar-refractivity contribution < 1.29 is 9.59 Å². The van der Waals surface area contributed by atoms with Crippen LogP contribution in [-0.4, -0.2) is 58.7 Å². The van der Waals surface area contributed by atoms with Crippen LogP contribution in [0.4, 0.5) is 0 Å². The van der Waals surface area contributed by atoms with Gasteiger partial charge in [-0.25, -0.2) is 0 Å². The fourth-order valence-electron chi connectivity index (χ4n) is 3.40. The number of hydrogen-bond donors (Lipinski definition) is 2. The van der Waals surface area contributed by atoms with Gasteiger partial charge in [0.25, 0.3) is 0 Å². The molecule has 3 rings (SSSR count). The van der Waals surface area contributed by atoms with Gasteiger partial charge < -0.3 is 15.5 Å². The zero-order chi connectivity index (χ0) is 16.9. The number of carbonyl (C=O) groups excluding carboxylic acids is 2. The standard InChI is InChI=1S/C16H24BrN5O2/c17-13-8-20-22(10-13)11-15(23)21-6-2-3-12(9-21)7-19-16(24)14-4-1-5-18-14/h8,10,12,14,18H,1-7,9,11H2,(H,19,24). The van der Waals surface area contributed by atoms with Crippen LogP contribution < -0.4 is 10.6 Å². The van der Waals surface area contributed by atoms with E-state index in [0.29, 0.717) is 19.0 Å². The van der Waals surface area contributed by atoms with Gasteiger partial charge in [-0.05, 0) is 54.1 Å². The van der Waals surface area contributed by atoms with Crippen LogP contribution in [0.2, 0.25) is 0 Å². The molecule has 7 nitrogen and oxygen atoms in total. The summed E-state index contributed by atoms with van der Waals surface area (Å²) < 4.78 is 2.51. The van der Waals surface area contributed by atoms with Gasteiger partial charge in [0.05, 0.1) is 16.7 Å². The molecule has 1 aromatic rings. The van der Waals surface area contributed by atoms with Crippen LogP contribution >= 0.6 is 15.9 Å². The SMILES string of the molecule is O=C(NCC1CCCN(C(=O)Cn2cc(Br)cn2)C1)C1CCCN1. The monoisotopic (exact) mass is 397 g/mol. The van der Waals surface area contributed by atoms with Crippen molar-refractivity contribution in [1.82, 2.24) is 25.3 Å². The van der Waals surface area contributed by atoms with E-state index in [1.807, 2.05) is 4.90 Å². The van der Waals surface area contributed by atoms with Crippen molar-refractivity contribution in [1.29, 1.82) is 0 Å². The summed E-state index contributed by atoms with van der Waals surface area (Å²) in [4.78, 5) is 26.4. The number of amides is 2. The van der Waals surface area contributed by atoms with Gasteiger partial charge in [-0.2, -0.15) is 5.10 Å². The van der Waals surface area contributed by atoms with E-state index in [1.54, 1.807) is 17.1 Å². The third kappa shape index (κ3) is 4.57. The lowest BCUT2D eigenvalue weighted by molar-refractivity contribution is -0.133. The minimum Gasteiger partial charge on any atom is -0.354 e. The second kappa shape index (κ2) is 8.11. The maximum atomic E-state index is 12.4. The molecule has 2 N–H and O–H groups in total. The number of hydrogen-bond acceptors (Lipinski definition) is 4. The Hall–Kier alpha value is -1.41. The molecule has 2 unspecified atom stereocenters. The molecule has 0 spiro atoms. The molecule has 0 radical (unpaired) electrons. The lowest BCUT2D eigenvalue weighted by atomic mass is 9.97. The largest absolute Gasteiger partial charge is 0.354 e. The molecule has 3 heterocycles. The summed E-state index contributed by atoms with van der Waals surface area (Å²) in [5, 5.41) is 10.4. The van der Waals surface area contributed by atoms with Crippen LogP contribution in [0.15, 0.2) is 16.9 Å². The Morgan fingerprint density at radius 1 is 1.38 bits per heavy atom. The molecule has 2 aliphatic heterocycles. The first kappa shape index (κ1) is 17.4. The van der Waals surface area contributed by atoms with Crippen LogP contribution in [0.3, 0.4) is 0 Å². The minimum atomic E-state index is -0.0374. The summed E-state index contributed by atoms with van der Waals surface area (Å²) in [6.07, 6.45) is 7.49. The zero-order valence-corrected chi connectivity index (χ0v) is 15.3. The first-order valence-electron chi connectivity index (χ1n) is 8.58. The van der Waals surface area contributed by atoms with E-state index in [9.17, 15) is 9.59 Å². The molecular weight excluding hydrogens is 374 g/mol. The highest BCUT2D eigenvalue weighted by molar-refractivity contribution is 9.10. The maximum absolute atomic E-state index is 12.4. The predicted molar refractivity (Wildman–Crippen MR) is 93.3 cm³/mol. The molecule has 0 aliphatic carbocycles. The Balaban J connectivity index is 1.45. The molecule has 2 atom stereocenters. The van der Waals surface area contributed by atoms with Crippen LogP contribution in [0, 0.1) is 5.92 Å². The second-order valence-corrected chi connectivity index (χ2v) is 7.51. The first-order valence-corrected chi connectivity index (χ1v) is 9.38. The number of nitrogens with one attached hydrogen (secondary N) is 2. The number of piperidine rings is 1. The fourth-order valence-corrected chi connectivity index (χ4v) is 3.73. The van der Waals surface area contributed by atoms with Crippen molar-refractivity contribution in [3.8, 4) is 0 Å². The van der Waals surface area contributed by atoms with E-state index in [-0.39, 0.29) is 24.4 Å². The van der Waals surface area contributed by atoms with E-state index in [0.717, 1.165) is 43.2 Å². The normalized spacial score (nSPS) is 24.1. The molecule has 0 saturated carbocycles. The maximum Gasteiger partial charge on any atom is 0.244 e. The first-order chi connectivity index (χ1) is 11.6. The number of aromatic nitrogens is 2. The molecule has 2 fully saturated rings. The van der Waals surface area contributed by atoms with Gasteiger partial charge in [0.15, 0.2) is 0 Å². The van der Waals surface area contributed by atoms with Crippen LogP contribution in [0.1, 0.15) is 25.7 Å². The Bertz CT molecular complexity index is 585. The molecule has 8 heteroatoms. The summed E-state index contributed by atoms with van der Waals surface area (Å²) in [5.41, 5.74) is 0. The molecule has 0 bridgehead atoms. The Morgan fingerprint density at radius 2 is 2.25 bits per heavy atom. The lowest BCUT2D eigenvalue weighted by Crippen LogP contribution is -2.47. The van der Waals surface area contributed by atoms with E-state index in [1.165, 1.54) is 0 Å². The van der Waals surface area contributed by atoms with Crippen molar-refractivity contribution in [2.45, 2.75) is 38.3 Å². The molecule has 24 heavy (non-hydrogen) atoms. The summed E-state index contributed by atoms with van der Waals surface area (Å²) in [5.74, 6) is 0.508. The molecular formula is C16H24BrN5O2. The summed E-state index contributed by atoms with van der Waals surface area (Å²) in [6, 6.07) is -0.0374. The third-order valence-electron chi connectivity index (χ3n) is 4.71. The molecule has 2 aliphatic rings. The zero-order valence-electron chi connectivity index (χ0n) is 13.7. The van der Waals surface area contributed by atoms with E-state index < -0.39 is 0 Å². The molecule has 1 aromatic heterocycles. The second-order valence-electron chi connectivity index (χ2n) is 6.60. The number of rotatable bonds is 5. The Labute approximate surface area is 150 Å². The number of carbonyl (C=O) groups is 2. The highest BCUT2D eigenvalue weighted by Crippen LogP contribution is 2.17. The van der Waals surface area contributed by atoms with Crippen LogP contribution in [0.25, 0.3) is 0 Å². The summed E-state index contributed by atoms with van der Waals surface area (Å²) in [6.45, 7) is 3.33. The van der Waals surface area contributed by atoms with Crippen molar-refractivity contribution in [3.05, 3.63) is 16.9 Å². The van der Waals surface area contributed by atoms with Gasteiger partial charge in [-0.3, -0.25) is 14.3 Å². The van der Waals surface area contributed by atoms with Gasteiger partial charge >= 0.3 is 0 Å². The number of likely N-dealkylation sites (tertiary alicyclic amines) is 1. The van der Waals surface area contributed by atoms with E-state index in [4.69, 9.17) is 0 Å². The minimum absolute atomic E-state index is 0.0374. The highest BCUT2D eigenvalue weighted by Gasteiger charge is 2.26.